The molecule has 12 aromatic carbocycles. The minimum Gasteiger partial charge on any atom is -0.457 e. The molecule has 3 heteroatoms. The van der Waals surface area contributed by atoms with E-state index in [0.29, 0.717) is 0 Å². The summed E-state index contributed by atoms with van der Waals surface area (Å²) < 4.78 is 9.07. The Kier molecular flexibility index (Phi) is 10.1. The van der Waals surface area contributed by atoms with Crippen LogP contribution in [0.15, 0.2) is 291 Å². The van der Waals surface area contributed by atoms with Crippen LogP contribution in [0.5, 0.6) is 11.5 Å². The Balaban J connectivity index is 0.925. The first-order chi connectivity index (χ1) is 37.7. The zero-order valence-electron chi connectivity index (χ0n) is 41.5. The summed E-state index contributed by atoms with van der Waals surface area (Å²) in [6.07, 6.45) is 0. The van der Waals surface area contributed by atoms with E-state index in [1.165, 1.54) is 71.9 Å². The van der Waals surface area contributed by atoms with Gasteiger partial charge in [0.25, 0.3) is 0 Å². The summed E-state index contributed by atoms with van der Waals surface area (Å²) in [5, 5.41) is 2.47. The molecule has 3 nitrogen and oxygen atoms in total. The maximum Gasteiger partial charge on any atom is 0.132 e. The Labute approximate surface area is 442 Å². The third-order valence-electron chi connectivity index (χ3n) is 15.9. The number of para-hydroxylation sites is 5. The summed E-state index contributed by atoms with van der Waals surface area (Å²) in [6, 6.07) is 106. The summed E-state index contributed by atoms with van der Waals surface area (Å²) in [5.41, 5.74) is 22.8. The van der Waals surface area contributed by atoms with Gasteiger partial charge in [-0.25, -0.2) is 0 Å². The average Bonchev–Trinajstić information content (AvgIpc) is 4.19. The highest BCUT2D eigenvalue weighted by molar-refractivity contribution is 6.10. The molecule has 15 rings (SSSR count). The number of anilines is 3. The smallest absolute Gasteiger partial charge is 0.132 e. The van der Waals surface area contributed by atoms with Gasteiger partial charge in [-0.05, 0) is 134 Å². The number of hydrogen-bond acceptors (Lipinski definition) is 2. The molecule has 76 heavy (non-hydrogen) atoms. The monoisotopic (exact) mass is 968 g/mol. The highest BCUT2D eigenvalue weighted by Crippen LogP contribution is 2.63. The van der Waals surface area contributed by atoms with Gasteiger partial charge in [0, 0.05) is 44.5 Å². The van der Waals surface area contributed by atoms with Gasteiger partial charge in [-0.1, -0.05) is 218 Å². The first-order valence-corrected chi connectivity index (χ1v) is 26.2. The SMILES string of the molecule is c1ccc(-c2ccccc2-c2ccccc2-c2ccccc2N(c2ccc(-c3ccc4c(c3)c3ccccc3n4-c3ccccc3)cc2)c2ccc3c(c2)-c2ccccc2C32c3ccccc3Oc3ccccc32)cc1. The summed E-state index contributed by atoms with van der Waals surface area (Å²) >= 11 is 0. The van der Waals surface area contributed by atoms with Crippen LogP contribution in [0.2, 0.25) is 0 Å². The van der Waals surface area contributed by atoms with Crippen LogP contribution < -0.4 is 9.64 Å². The number of hydrogen-bond donors (Lipinski definition) is 0. The van der Waals surface area contributed by atoms with Gasteiger partial charge in [0.05, 0.1) is 22.1 Å². The highest BCUT2D eigenvalue weighted by atomic mass is 16.5. The maximum absolute atomic E-state index is 6.69. The number of rotatable bonds is 8. The molecule has 0 saturated heterocycles. The molecular formula is C73H48N2O. The van der Waals surface area contributed by atoms with Crippen molar-refractivity contribution >= 4 is 38.9 Å². The van der Waals surface area contributed by atoms with E-state index in [0.717, 1.165) is 62.1 Å². The maximum atomic E-state index is 6.69. The third kappa shape index (κ3) is 6.69. The fraction of sp³-hybridized carbons (Fsp3) is 0.0137. The Morgan fingerprint density at radius 2 is 0.789 bits per heavy atom. The van der Waals surface area contributed by atoms with Crippen molar-refractivity contribution < 1.29 is 4.74 Å². The van der Waals surface area contributed by atoms with Crippen LogP contribution in [0.1, 0.15) is 22.3 Å². The van der Waals surface area contributed by atoms with E-state index in [4.69, 9.17) is 4.74 Å². The Morgan fingerprint density at radius 1 is 0.289 bits per heavy atom. The topological polar surface area (TPSA) is 17.4 Å². The van der Waals surface area contributed by atoms with E-state index in [1.807, 2.05) is 0 Å². The van der Waals surface area contributed by atoms with Crippen LogP contribution in [0.25, 0.3) is 83.1 Å². The van der Waals surface area contributed by atoms with E-state index in [9.17, 15) is 0 Å². The molecule has 0 amide bonds. The fourth-order valence-electron chi connectivity index (χ4n) is 12.7. The van der Waals surface area contributed by atoms with E-state index < -0.39 is 5.41 Å². The van der Waals surface area contributed by atoms with Gasteiger partial charge in [0.15, 0.2) is 0 Å². The lowest BCUT2D eigenvalue weighted by Gasteiger charge is -2.39. The largest absolute Gasteiger partial charge is 0.457 e. The number of fused-ring (bicyclic) bond motifs is 12. The number of ether oxygens (including phenoxy) is 1. The van der Waals surface area contributed by atoms with Gasteiger partial charge < -0.3 is 14.2 Å². The summed E-state index contributed by atoms with van der Waals surface area (Å²) in [5.74, 6) is 1.77. The van der Waals surface area contributed by atoms with Crippen molar-refractivity contribution in [2.24, 2.45) is 0 Å². The molecule has 356 valence electrons. The quantitative estimate of drug-likeness (QED) is 0.151. The molecule has 0 fully saturated rings. The molecule has 1 spiro atoms. The van der Waals surface area contributed by atoms with Crippen LogP contribution in [0, 0.1) is 0 Å². The zero-order chi connectivity index (χ0) is 50.2. The van der Waals surface area contributed by atoms with E-state index >= 15 is 0 Å². The average molecular weight is 969 g/mol. The van der Waals surface area contributed by atoms with Crippen LogP contribution in [0.4, 0.5) is 17.1 Å². The lowest BCUT2D eigenvalue weighted by Crippen LogP contribution is -2.32. The van der Waals surface area contributed by atoms with E-state index in [1.54, 1.807) is 0 Å². The Hall–Kier alpha value is -9.96. The zero-order valence-corrected chi connectivity index (χ0v) is 41.5. The second-order valence-corrected chi connectivity index (χ2v) is 19.9. The molecule has 0 N–H and O–H groups in total. The second-order valence-electron chi connectivity index (χ2n) is 19.9. The van der Waals surface area contributed by atoms with Gasteiger partial charge in [-0.15, -0.1) is 0 Å². The second kappa shape index (κ2) is 17.6. The number of aromatic nitrogens is 1. The summed E-state index contributed by atoms with van der Waals surface area (Å²) in [6.45, 7) is 0. The van der Waals surface area contributed by atoms with Gasteiger partial charge >= 0.3 is 0 Å². The first-order valence-electron chi connectivity index (χ1n) is 26.2. The van der Waals surface area contributed by atoms with Crippen LogP contribution in [-0.4, -0.2) is 4.57 Å². The minimum absolute atomic E-state index is 0.570. The van der Waals surface area contributed by atoms with E-state index in [-0.39, 0.29) is 0 Å². The molecule has 0 atom stereocenters. The number of benzene rings is 12. The molecule has 0 saturated carbocycles. The standard InChI is InChI=1S/C73H48N2O/c1-3-21-50(22-4-1)55-25-7-8-26-56(55)57-27-9-10-28-58(57)60-30-12-17-35-68(60)74(53-42-39-49(40-43-53)51-41-46-70-63(47-51)61-31-13-18-36-69(61)75(70)52-23-5-2-6-24-52)54-44-45-65-62(48-54)59-29-11-14-32-64(59)73(65)66-33-15-19-37-71(66)76-72-38-20-16-34-67(72)73/h1-48H. The van der Waals surface area contributed by atoms with Crippen molar-refractivity contribution in [1.29, 1.82) is 0 Å². The molecule has 1 aliphatic carbocycles. The predicted molar refractivity (Wildman–Crippen MR) is 315 cm³/mol. The molecule has 2 heterocycles. The van der Waals surface area contributed by atoms with Crippen LogP contribution in [-0.2, 0) is 5.41 Å². The van der Waals surface area contributed by atoms with Gasteiger partial charge in [-0.2, -0.15) is 0 Å². The first kappa shape index (κ1) is 43.6. The normalized spacial score (nSPS) is 12.7. The molecular weight excluding hydrogens is 921 g/mol. The minimum atomic E-state index is -0.570. The summed E-state index contributed by atoms with van der Waals surface area (Å²) in [7, 11) is 0. The molecule has 0 bridgehead atoms. The van der Waals surface area contributed by atoms with Crippen molar-refractivity contribution in [2.45, 2.75) is 5.41 Å². The van der Waals surface area contributed by atoms with Crippen LogP contribution >= 0.6 is 0 Å². The van der Waals surface area contributed by atoms with Crippen molar-refractivity contribution in [3.05, 3.63) is 313 Å². The molecule has 2 aliphatic rings. The summed E-state index contributed by atoms with van der Waals surface area (Å²) in [4.78, 5) is 2.47. The van der Waals surface area contributed by atoms with E-state index in [2.05, 4.69) is 301 Å². The third-order valence-corrected chi connectivity index (χ3v) is 15.9. The predicted octanol–water partition coefficient (Wildman–Crippen LogP) is 19.4. The molecule has 0 radical (unpaired) electrons. The van der Waals surface area contributed by atoms with Gasteiger partial charge in [0.1, 0.15) is 11.5 Å². The van der Waals surface area contributed by atoms with Crippen molar-refractivity contribution in [1.82, 2.24) is 4.57 Å². The van der Waals surface area contributed by atoms with Crippen LogP contribution in [0.3, 0.4) is 0 Å². The lowest BCUT2D eigenvalue weighted by atomic mass is 9.66. The highest BCUT2D eigenvalue weighted by Gasteiger charge is 2.51. The molecule has 13 aromatic rings. The fourth-order valence-corrected chi connectivity index (χ4v) is 12.7. The molecule has 1 aromatic heterocycles. The Morgan fingerprint density at radius 3 is 1.51 bits per heavy atom. The molecule has 0 unspecified atom stereocenters. The lowest BCUT2D eigenvalue weighted by molar-refractivity contribution is 0.436. The molecule has 1 aliphatic heterocycles. The number of nitrogens with zero attached hydrogens (tertiary/aromatic N) is 2. The van der Waals surface area contributed by atoms with Crippen molar-refractivity contribution in [2.75, 3.05) is 4.90 Å². The van der Waals surface area contributed by atoms with Crippen molar-refractivity contribution in [3.8, 4) is 72.8 Å². The van der Waals surface area contributed by atoms with Crippen molar-refractivity contribution in [3.63, 3.8) is 0 Å². The van der Waals surface area contributed by atoms with Gasteiger partial charge in [-0.3, -0.25) is 0 Å². The Bertz CT molecular complexity index is 4330. The van der Waals surface area contributed by atoms with Gasteiger partial charge in [0.2, 0.25) is 0 Å².